The molecule has 7 nitrogen and oxygen atoms in total. The molecule has 7 heteroatoms. The van der Waals surface area contributed by atoms with Crippen LogP contribution in [0.15, 0.2) is 16.7 Å². The third kappa shape index (κ3) is 3.03. The standard InChI is InChI=1S/C15H21N5O2/c1-10(2)20-12(8-9-16-20)14-18-19-15(22-14)17-13(21)11-6-4-3-5-7-11/h8-11H,3-7H2,1-2H3,(H,17,19,21). The maximum atomic E-state index is 12.2. The molecule has 118 valence electrons. The number of carbonyl (C=O) groups excluding carboxylic acids is 1. The molecule has 0 unspecified atom stereocenters. The third-order valence-corrected chi connectivity index (χ3v) is 4.01. The molecule has 1 amide bonds. The van der Waals surface area contributed by atoms with Gasteiger partial charge in [-0.3, -0.25) is 14.8 Å². The Kier molecular flexibility index (Phi) is 4.22. The molecule has 0 aromatic carbocycles. The minimum atomic E-state index is -0.0210. The Labute approximate surface area is 129 Å². The highest BCUT2D eigenvalue weighted by Crippen LogP contribution is 2.26. The molecule has 1 fully saturated rings. The van der Waals surface area contributed by atoms with Crippen molar-refractivity contribution < 1.29 is 9.21 Å². The molecule has 2 aromatic heterocycles. The fraction of sp³-hybridized carbons (Fsp3) is 0.600. The van der Waals surface area contributed by atoms with Gasteiger partial charge in [0.2, 0.25) is 5.91 Å². The van der Waals surface area contributed by atoms with Crippen molar-refractivity contribution in [3.05, 3.63) is 12.3 Å². The van der Waals surface area contributed by atoms with E-state index in [1.807, 2.05) is 19.9 Å². The Balaban J connectivity index is 1.71. The summed E-state index contributed by atoms with van der Waals surface area (Å²) in [5, 5.41) is 14.9. The highest BCUT2D eigenvalue weighted by molar-refractivity contribution is 5.90. The average molecular weight is 303 g/mol. The molecule has 1 aliphatic rings. The number of hydrogen-bond donors (Lipinski definition) is 1. The Morgan fingerprint density at radius 3 is 2.82 bits per heavy atom. The molecule has 1 saturated carbocycles. The SMILES string of the molecule is CC(C)n1nccc1-c1nnc(NC(=O)C2CCCCC2)o1. The fourth-order valence-electron chi connectivity index (χ4n) is 2.84. The van der Waals surface area contributed by atoms with Crippen LogP contribution in [0.1, 0.15) is 52.0 Å². The van der Waals surface area contributed by atoms with Gasteiger partial charge < -0.3 is 4.42 Å². The number of rotatable bonds is 4. The van der Waals surface area contributed by atoms with E-state index in [9.17, 15) is 4.79 Å². The van der Waals surface area contributed by atoms with Gasteiger partial charge in [0, 0.05) is 18.2 Å². The van der Waals surface area contributed by atoms with E-state index in [2.05, 4.69) is 20.6 Å². The molecule has 0 radical (unpaired) electrons. The summed E-state index contributed by atoms with van der Waals surface area (Å²) in [6, 6.07) is 2.17. The lowest BCUT2D eigenvalue weighted by Crippen LogP contribution is -2.24. The second kappa shape index (κ2) is 6.29. The first-order valence-electron chi connectivity index (χ1n) is 7.83. The first-order valence-corrected chi connectivity index (χ1v) is 7.83. The summed E-state index contributed by atoms with van der Waals surface area (Å²) < 4.78 is 7.37. The molecule has 1 N–H and O–H groups in total. The number of hydrogen-bond acceptors (Lipinski definition) is 5. The van der Waals surface area contributed by atoms with Gasteiger partial charge in [0.1, 0.15) is 5.69 Å². The van der Waals surface area contributed by atoms with Crippen molar-refractivity contribution in [2.45, 2.75) is 52.0 Å². The largest absolute Gasteiger partial charge is 0.401 e. The van der Waals surface area contributed by atoms with Gasteiger partial charge in [0.05, 0.1) is 0 Å². The highest BCUT2D eigenvalue weighted by Gasteiger charge is 2.23. The maximum absolute atomic E-state index is 12.2. The summed E-state index contributed by atoms with van der Waals surface area (Å²) in [5.74, 6) is 0.405. The van der Waals surface area contributed by atoms with E-state index < -0.39 is 0 Å². The van der Waals surface area contributed by atoms with Crippen LogP contribution in [-0.4, -0.2) is 25.9 Å². The maximum Gasteiger partial charge on any atom is 0.322 e. The monoisotopic (exact) mass is 303 g/mol. The second-order valence-electron chi connectivity index (χ2n) is 5.99. The van der Waals surface area contributed by atoms with Crippen LogP contribution in [0.5, 0.6) is 0 Å². The zero-order valence-corrected chi connectivity index (χ0v) is 13.0. The van der Waals surface area contributed by atoms with Gasteiger partial charge in [0.25, 0.3) is 5.89 Å². The summed E-state index contributed by atoms with van der Waals surface area (Å²) in [7, 11) is 0. The van der Waals surface area contributed by atoms with Crippen molar-refractivity contribution in [2.75, 3.05) is 5.32 Å². The Morgan fingerprint density at radius 1 is 1.32 bits per heavy atom. The van der Waals surface area contributed by atoms with E-state index in [4.69, 9.17) is 4.42 Å². The van der Waals surface area contributed by atoms with Crippen LogP contribution < -0.4 is 5.32 Å². The predicted octanol–water partition coefficient (Wildman–Crippen LogP) is 3.03. The Morgan fingerprint density at radius 2 is 2.09 bits per heavy atom. The van der Waals surface area contributed by atoms with Gasteiger partial charge in [-0.15, -0.1) is 5.10 Å². The van der Waals surface area contributed by atoms with E-state index in [-0.39, 0.29) is 23.9 Å². The zero-order valence-electron chi connectivity index (χ0n) is 13.0. The van der Waals surface area contributed by atoms with Crippen LogP contribution in [0.2, 0.25) is 0 Å². The molecule has 2 aromatic rings. The average Bonchev–Trinajstić information content (AvgIpc) is 3.16. The fourth-order valence-corrected chi connectivity index (χ4v) is 2.84. The molecule has 0 aliphatic heterocycles. The summed E-state index contributed by atoms with van der Waals surface area (Å²) in [6.07, 6.45) is 7.01. The van der Waals surface area contributed by atoms with Crippen LogP contribution in [-0.2, 0) is 4.79 Å². The van der Waals surface area contributed by atoms with E-state index in [0.717, 1.165) is 31.4 Å². The third-order valence-electron chi connectivity index (χ3n) is 4.01. The van der Waals surface area contributed by atoms with Gasteiger partial charge in [-0.05, 0) is 32.8 Å². The first-order chi connectivity index (χ1) is 10.6. The van der Waals surface area contributed by atoms with Crippen LogP contribution in [0.25, 0.3) is 11.6 Å². The number of nitrogens with zero attached hydrogens (tertiary/aromatic N) is 4. The normalized spacial score (nSPS) is 16.1. The summed E-state index contributed by atoms with van der Waals surface area (Å²) in [5.41, 5.74) is 0.751. The van der Waals surface area contributed by atoms with Crippen LogP contribution >= 0.6 is 0 Å². The van der Waals surface area contributed by atoms with Crippen molar-refractivity contribution in [1.82, 2.24) is 20.0 Å². The molecule has 3 rings (SSSR count). The molecule has 22 heavy (non-hydrogen) atoms. The van der Waals surface area contributed by atoms with Crippen molar-refractivity contribution >= 4 is 11.9 Å². The lowest BCUT2D eigenvalue weighted by Gasteiger charge is -2.19. The lowest BCUT2D eigenvalue weighted by molar-refractivity contribution is -0.120. The molecule has 1 aliphatic carbocycles. The minimum absolute atomic E-state index is 0.0210. The molecule has 0 saturated heterocycles. The molecule has 0 bridgehead atoms. The summed E-state index contributed by atoms with van der Waals surface area (Å²) in [4.78, 5) is 12.2. The van der Waals surface area contributed by atoms with Crippen molar-refractivity contribution in [3.8, 4) is 11.6 Å². The molecular weight excluding hydrogens is 282 g/mol. The van der Waals surface area contributed by atoms with Crippen LogP contribution in [0.4, 0.5) is 6.01 Å². The van der Waals surface area contributed by atoms with Gasteiger partial charge in [-0.1, -0.05) is 24.4 Å². The molecule has 0 spiro atoms. The summed E-state index contributed by atoms with van der Waals surface area (Å²) in [6.45, 7) is 4.05. The van der Waals surface area contributed by atoms with E-state index in [1.165, 1.54) is 6.42 Å². The number of amides is 1. The second-order valence-corrected chi connectivity index (χ2v) is 5.99. The van der Waals surface area contributed by atoms with Crippen LogP contribution in [0, 0.1) is 5.92 Å². The van der Waals surface area contributed by atoms with Crippen molar-refractivity contribution in [1.29, 1.82) is 0 Å². The smallest absolute Gasteiger partial charge is 0.322 e. The summed E-state index contributed by atoms with van der Waals surface area (Å²) >= 11 is 0. The molecule has 0 atom stereocenters. The van der Waals surface area contributed by atoms with Gasteiger partial charge in [-0.2, -0.15) is 5.10 Å². The van der Waals surface area contributed by atoms with E-state index in [0.29, 0.717) is 5.89 Å². The number of anilines is 1. The quantitative estimate of drug-likeness (QED) is 0.938. The predicted molar refractivity (Wildman–Crippen MR) is 81.1 cm³/mol. The minimum Gasteiger partial charge on any atom is -0.401 e. The van der Waals surface area contributed by atoms with Crippen LogP contribution in [0.3, 0.4) is 0 Å². The topological polar surface area (TPSA) is 85.8 Å². The molecular formula is C15H21N5O2. The Hall–Kier alpha value is -2.18. The highest BCUT2D eigenvalue weighted by atomic mass is 16.4. The number of nitrogens with one attached hydrogen (secondary N) is 1. The van der Waals surface area contributed by atoms with Crippen molar-refractivity contribution in [2.24, 2.45) is 5.92 Å². The number of aromatic nitrogens is 4. The number of carbonyl (C=O) groups is 1. The van der Waals surface area contributed by atoms with E-state index >= 15 is 0 Å². The Bertz CT molecular complexity index is 640. The molecule has 2 heterocycles. The van der Waals surface area contributed by atoms with E-state index in [1.54, 1.807) is 10.9 Å². The van der Waals surface area contributed by atoms with Gasteiger partial charge in [0.15, 0.2) is 0 Å². The van der Waals surface area contributed by atoms with Gasteiger partial charge >= 0.3 is 6.01 Å². The zero-order chi connectivity index (χ0) is 15.5. The van der Waals surface area contributed by atoms with Gasteiger partial charge in [-0.25, -0.2) is 0 Å². The first kappa shape index (κ1) is 14.7. The lowest BCUT2D eigenvalue weighted by atomic mass is 9.89. The van der Waals surface area contributed by atoms with Crippen molar-refractivity contribution in [3.63, 3.8) is 0 Å².